The maximum Gasteiger partial charge on any atom is 0.145 e. The predicted molar refractivity (Wildman–Crippen MR) is 67.1 cm³/mol. The third kappa shape index (κ3) is 1.77. The minimum absolute atomic E-state index is 0.512. The molecule has 1 nitrogen and oxygen atoms in total. The molecule has 0 N–H and O–H groups in total. The lowest BCUT2D eigenvalue weighted by Gasteiger charge is -2.58. The van der Waals surface area contributed by atoms with Crippen LogP contribution < -0.4 is 0 Å². The fraction of sp³-hybridized carbons (Fsp3) is 0.667. The highest BCUT2D eigenvalue weighted by molar-refractivity contribution is 5.71. The smallest absolute Gasteiger partial charge is 0.145 e. The molecule has 0 aromatic heterocycles. The Morgan fingerprint density at radius 1 is 1.62 bits per heavy atom. The summed E-state index contributed by atoms with van der Waals surface area (Å²) in [4.78, 5) is 10.5. The van der Waals surface area contributed by atoms with Crippen molar-refractivity contribution in [3.05, 3.63) is 23.3 Å². The zero-order chi connectivity index (χ0) is 11.8. The SMILES string of the molecule is CC(C=O)=CCC[C@@]1(C)C2CC=C(C)[C@H]1C2. The molecule has 3 rings (SSSR count). The van der Waals surface area contributed by atoms with E-state index in [9.17, 15) is 4.79 Å². The van der Waals surface area contributed by atoms with Crippen LogP contribution in [-0.4, -0.2) is 6.29 Å². The summed E-state index contributed by atoms with van der Waals surface area (Å²) in [5.74, 6) is 1.71. The number of carbonyl (C=O) groups excluding carboxylic acids is 1. The Bertz CT molecular complexity index is 350. The maximum absolute atomic E-state index is 10.5. The fourth-order valence-electron chi connectivity index (χ4n) is 3.53. The number of allylic oxidation sites excluding steroid dienone is 4. The van der Waals surface area contributed by atoms with Gasteiger partial charge in [-0.05, 0) is 62.4 Å². The number of rotatable bonds is 4. The van der Waals surface area contributed by atoms with Gasteiger partial charge in [-0.15, -0.1) is 0 Å². The van der Waals surface area contributed by atoms with E-state index in [4.69, 9.17) is 0 Å². The Morgan fingerprint density at radius 2 is 2.38 bits per heavy atom. The van der Waals surface area contributed by atoms with Gasteiger partial charge in [-0.1, -0.05) is 24.6 Å². The molecule has 3 aliphatic carbocycles. The van der Waals surface area contributed by atoms with Crippen LogP contribution in [0.5, 0.6) is 0 Å². The van der Waals surface area contributed by atoms with Crippen LogP contribution in [0.25, 0.3) is 0 Å². The van der Waals surface area contributed by atoms with Crippen LogP contribution >= 0.6 is 0 Å². The first-order valence-corrected chi connectivity index (χ1v) is 6.36. The van der Waals surface area contributed by atoms with Gasteiger partial charge < -0.3 is 0 Å². The van der Waals surface area contributed by atoms with E-state index < -0.39 is 0 Å². The topological polar surface area (TPSA) is 17.1 Å². The van der Waals surface area contributed by atoms with Crippen molar-refractivity contribution < 1.29 is 4.79 Å². The number of carbonyl (C=O) groups is 1. The number of aldehydes is 1. The van der Waals surface area contributed by atoms with Gasteiger partial charge >= 0.3 is 0 Å². The van der Waals surface area contributed by atoms with Crippen molar-refractivity contribution in [2.24, 2.45) is 17.3 Å². The van der Waals surface area contributed by atoms with E-state index in [2.05, 4.69) is 26.0 Å². The molecule has 0 heterocycles. The molecule has 2 bridgehead atoms. The zero-order valence-corrected chi connectivity index (χ0v) is 10.6. The molecule has 3 atom stereocenters. The Labute approximate surface area is 98.6 Å². The summed E-state index contributed by atoms with van der Waals surface area (Å²) in [5, 5.41) is 0. The molecule has 1 saturated carbocycles. The summed E-state index contributed by atoms with van der Waals surface area (Å²) in [6, 6.07) is 0. The van der Waals surface area contributed by atoms with E-state index in [0.29, 0.717) is 5.41 Å². The molecule has 0 aromatic carbocycles. The zero-order valence-electron chi connectivity index (χ0n) is 10.6. The molecule has 88 valence electrons. The van der Waals surface area contributed by atoms with Crippen molar-refractivity contribution in [2.75, 3.05) is 0 Å². The van der Waals surface area contributed by atoms with Crippen molar-refractivity contribution in [1.82, 2.24) is 0 Å². The lowest BCUT2D eigenvalue weighted by molar-refractivity contribution is -0.104. The Kier molecular flexibility index (Phi) is 3.05. The highest BCUT2D eigenvalue weighted by Gasteiger charge is 2.52. The third-order valence-electron chi connectivity index (χ3n) is 4.86. The predicted octanol–water partition coefficient (Wildman–Crippen LogP) is 3.90. The Hall–Kier alpha value is -0.850. The molecule has 1 fully saturated rings. The van der Waals surface area contributed by atoms with Crippen molar-refractivity contribution in [3.63, 3.8) is 0 Å². The molecular weight excluding hydrogens is 196 g/mol. The summed E-state index contributed by atoms with van der Waals surface area (Å²) in [7, 11) is 0. The van der Waals surface area contributed by atoms with Crippen molar-refractivity contribution in [1.29, 1.82) is 0 Å². The lowest BCUT2D eigenvalue weighted by Crippen LogP contribution is -2.49. The molecule has 0 radical (unpaired) electrons. The van der Waals surface area contributed by atoms with Crippen LogP contribution in [0.15, 0.2) is 23.3 Å². The molecule has 0 saturated heterocycles. The molecule has 3 aliphatic rings. The second kappa shape index (κ2) is 4.20. The third-order valence-corrected chi connectivity index (χ3v) is 4.86. The molecule has 0 amide bonds. The van der Waals surface area contributed by atoms with Gasteiger partial charge in [-0.2, -0.15) is 0 Å². The first-order chi connectivity index (χ1) is 7.58. The average molecular weight is 218 g/mol. The largest absolute Gasteiger partial charge is 0.298 e. The average Bonchev–Trinajstić information content (AvgIpc) is 2.28. The van der Waals surface area contributed by atoms with Crippen molar-refractivity contribution in [2.45, 2.75) is 46.5 Å². The van der Waals surface area contributed by atoms with Gasteiger partial charge in [0.1, 0.15) is 6.29 Å². The quantitative estimate of drug-likeness (QED) is 0.397. The first-order valence-electron chi connectivity index (χ1n) is 6.36. The summed E-state index contributed by atoms with van der Waals surface area (Å²) in [5.41, 5.74) is 2.99. The highest BCUT2D eigenvalue weighted by atomic mass is 16.1. The number of hydrogen-bond donors (Lipinski definition) is 0. The van der Waals surface area contributed by atoms with Crippen LogP contribution in [-0.2, 0) is 4.79 Å². The molecule has 0 spiro atoms. The molecule has 0 aromatic rings. The van der Waals surface area contributed by atoms with E-state index >= 15 is 0 Å². The summed E-state index contributed by atoms with van der Waals surface area (Å²) < 4.78 is 0. The Balaban J connectivity index is 1.96. The number of hydrogen-bond acceptors (Lipinski definition) is 1. The van der Waals surface area contributed by atoms with Crippen LogP contribution in [0.3, 0.4) is 0 Å². The van der Waals surface area contributed by atoms with E-state index in [-0.39, 0.29) is 0 Å². The highest BCUT2D eigenvalue weighted by Crippen LogP contribution is 2.61. The fourth-order valence-corrected chi connectivity index (χ4v) is 3.53. The number of fused-ring (bicyclic) bond motifs is 1. The summed E-state index contributed by atoms with van der Waals surface area (Å²) in [6.07, 6.45) is 10.4. The first kappa shape index (κ1) is 11.6. The van der Waals surface area contributed by atoms with Gasteiger partial charge in [0.2, 0.25) is 0 Å². The molecular formula is C15H22O. The van der Waals surface area contributed by atoms with Crippen LogP contribution in [0.1, 0.15) is 46.5 Å². The van der Waals surface area contributed by atoms with Crippen molar-refractivity contribution >= 4 is 6.29 Å². The normalized spacial score (nSPS) is 37.7. The molecule has 0 aliphatic heterocycles. The van der Waals surface area contributed by atoms with Crippen LogP contribution in [0.2, 0.25) is 0 Å². The van der Waals surface area contributed by atoms with E-state index in [1.807, 2.05) is 6.92 Å². The second-order valence-electron chi connectivity index (χ2n) is 5.78. The van der Waals surface area contributed by atoms with Crippen molar-refractivity contribution in [3.8, 4) is 0 Å². The van der Waals surface area contributed by atoms with Gasteiger partial charge in [-0.25, -0.2) is 0 Å². The Morgan fingerprint density at radius 3 is 2.94 bits per heavy atom. The van der Waals surface area contributed by atoms with Crippen LogP contribution in [0.4, 0.5) is 0 Å². The minimum atomic E-state index is 0.512. The van der Waals surface area contributed by atoms with Crippen LogP contribution in [0, 0.1) is 17.3 Å². The monoisotopic (exact) mass is 218 g/mol. The summed E-state index contributed by atoms with van der Waals surface area (Å²) in [6.45, 7) is 6.61. The standard InChI is InChI=1S/C15H22O/c1-11(10-16)5-4-8-15(3)13-7-6-12(2)14(15)9-13/h5-6,10,13-14H,4,7-9H2,1-3H3/t13?,14-,15+/m1/s1. The van der Waals surface area contributed by atoms with Gasteiger partial charge in [-0.3, -0.25) is 4.79 Å². The van der Waals surface area contributed by atoms with E-state index in [0.717, 1.165) is 30.1 Å². The van der Waals surface area contributed by atoms with E-state index in [1.54, 1.807) is 5.57 Å². The van der Waals surface area contributed by atoms with Gasteiger partial charge in [0.15, 0.2) is 0 Å². The minimum Gasteiger partial charge on any atom is -0.298 e. The molecule has 1 unspecified atom stereocenters. The van der Waals surface area contributed by atoms with Gasteiger partial charge in [0.05, 0.1) is 0 Å². The van der Waals surface area contributed by atoms with Gasteiger partial charge in [0, 0.05) is 0 Å². The second-order valence-corrected chi connectivity index (χ2v) is 5.78. The molecule has 1 heteroatoms. The van der Waals surface area contributed by atoms with E-state index in [1.165, 1.54) is 19.3 Å². The summed E-state index contributed by atoms with van der Waals surface area (Å²) >= 11 is 0. The lowest BCUT2D eigenvalue weighted by atomic mass is 9.47. The maximum atomic E-state index is 10.5. The van der Waals surface area contributed by atoms with Gasteiger partial charge in [0.25, 0.3) is 0 Å². The molecule has 16 heavy (non-hydrogen) atoms.